The molecule has 0 saturated heterocycles. The zero-order valence-corrected chi connectivity index (χ0v) is 12.3. The Morgan fingerprint density at radius 2 is 2.18 bits per heavy atom. The Hall–Kier alpha value is -0.350. The molecule has 92 valence electrons. The van der Waals surface area contributed by atoms with E-state index in [1.165, 1.54) is 12.0 Å². The highest BCUT2D eigenvalue weighted by molar-refractivity contribution is 9.11. The van der Waals surface area contributed by atoms with Gasteiger partial charge in [0.2, 0.25) is 5.91 Å². The second kappa shape index (κ2) is 4.39. The van der Waals surface area contributed by atoms with Gasteiger partial charge in [-0.05, 0) is 64.0 Å². The maximum atomic E-state index is 12.2. The van der Waals surface area contributed by atoms with Crippen molar-refractivity contribution in [2.45, 2.75) is 25.8 Å². The topological polar surface area (TPSA) is 20.3 Å². The van der Waals surface area contributed by atoms with Crippen molar-refractivity contribution in [1.29, 1.82) is 0 Å². The Morgan fingerprint density at radius 1 is 1.47 bits per heavy atom. The molecule has 1 heterocycles. The smallest absolute Gasteiger partial charge is 0.225 e. The Kier molecular flexibility index (Phi) is 3.03. The van der Waals surface area contributed by atoms with Gasteiger partial charge in [-0.15, -0.1) is 11.3 Å². The van der Waals surface area contributed by atoms with Crippen molar-refractivity contribution in [3.63, 3.8) is 0 Å². The molecule has 2 atom stereocenters. The zero-order chi connectivity index (χ0) is 12.0. The minimum atomic E-state index is 0.311. The zero-order valence-electron chi connectivity index (χ0n) is 9.86. The second-order valence-corrected chi connectivity index (χ2v) is 7.67. The van der Waals surface area contributed by atoms with Crippen molar-refractivity contribution in [2.24, 2.45) is 17.8 Å². The second-order valence-electron chi connectivity index (χ2n) is 5.38. The first-order valence-electron chi connectivity index (χ1n) is 6.11. The van der Waals surface area contributed by atoms with Gasteiger partial charge in [0.15, 0.2) is 0 Å². The summed E-state index contributed by atoms with van der Waals surface area (Å²) in [5.74, 6) is 2.42. The quantitative estimate of drug-likeness (QED) is 0.836. The molecule has 4 heteroatoms. The van der Waals surface area contributed by atoms with Crippen LogP contribution in [0.25, 0.3) is 0 Å². The average molecular weight is 314 g/mol. The number of amides is 1. The molecule has 0 aromatic carbocycles. The number of nitrogens with zero attached hydrogens (tertiary/aromatic N) is 1. The van der Waals surface area contributed by atoms with Gasteiger partial charge < -0.3 is 4.90 Å². The molecule has 1 aromatic rings. The van der Waals surface area contributed by atoms with Gasteiger partial charge in [0.25, 0.3) is 0 Å². The van der Waals surface area contributed by atoms with Gasteiger partial charge in [0.1, 0.15) is 0 Å². The molecule has 2 nitrogen and oxygen atoms in total. The standard InChI is InChI=1S/C13H16BrNOS/c1-15(6-8-2-12(14)17-7-8)13(16)11-4-9-3-10(9)5-11/h2,7,9-11H,3-6H2,1H3. The minimum Gasteiger partial charge on any atom is -0.341 e. The summed E-state index contributed by atoms with van der Waals surface area (Å²) in [4.78, 5) is 14.1. The molecular weight excluding hydrogens is 298 g/mol. The summed E-state index contributed by atoms with van der Waals surface area (Å²) >= 11 is 5.13. The van der Waals surface area contributed by atoms with Crippen LogP contribution in [-0.2, 0) is 11.3 Å². The number of carbonyl (C=O) groups excluding carboxylic acids is 1. The lowest BCUT2D eigenvalue weighted by molar-refractivity contribution is -0.134. The first-order chi connectivity index (χ1) is 8.13. The predicted octanol–water partition coefficient (Wildman–Crippen LogP) is 3.52. The molecule has 0 radical (unpaired) electrons. The van der Waals surface area contributed by atoms with E-state index in [0.717, 1.165) is 35.0 Å². The molecule has 17 heavy (non-hydrogen) atoms. The van der Waals surface area contributed by atoms with Gasteiger partial charge >= 0.3 is 0 Å². The molecule has 2 unspecified atom stereocenters. The number of halogens is 1. The number of hydrogen-bond acceptors (Lipinski definition) is 2. The third-order valence-corrected chi connectivity index (χ3v) is 5.56. The van der Waals surface area contributed by atoms with Gasteiger partial charge in [0, 0.05) is 19.5 Å². The van der Waals surface area contributed by atoms with E-state index in [9.17, 15) is 4.79 Å². The molecule has 3 rings (SSSR count). The van der Waals surface area contributed by atoms with E-state index in [2.05, 4.69) is 27.4 Å². The summed E-state index contributed by atoms with van der Waals surface area (Å²) in [7, 11) is 1.93. The van der Waals surface area contributed by atoms with Crippen LogP contribution in [0, 0.1) is 17.8 Å². The molecule has 0 spiro atoms. The lowest BCUT2D eigenvalue weighted by Crippen LogP contribution is -2.31. The number of rotatable bonds is 3. The Balaban J connectivity index is 1.58. The van der Waals surface area contributed by atoms with E-state index < -0.39 is 0 Å². The molecule has 2 fully saturated rings. The van der Waals surface area contributed by atoms with Crippen LogP contribution in [0.1, 0.15) is 24.8 Å². The highest BCUT2D eigenvalue weighted by atomic mass is 79.9. The summed E-state index contributed by atoms with van der Waals surface area (Å²) in [6.45, 7) is 0.743. The average Bonchev–Trinajstić information content (AvgIpc) is 2.72. The van der Waals surface area contributed by atoms with Crippen LogP contribution in [-0.4, -0.2) is 17.9 Å². The maximum absolute atomic E-state index is 12.2. The third-order valence-electron chi connectivity index (χ3n) is 4.01. The van der Waals surface area contributed by atoms with Crippen LogP contribution in [0.5, 0.6) is 0 Å². The highest BCUT2D eigenvalue weighted by Crippen LogP contribution is 2.54. The van der Waals surface area contributed by atoms with Gasteiger partial charge in [-0.2, -0.15) is 0 Å². The van der Waals surface area contributed by atoms with Crippen LogP contribution < -0.4 is 0 Å². The fraction of sp³-hybridized carbons (Fsp3) is 0.615. The fourth-order valence-electron chi connectivity index (χ4n) is 3.01. The van der Waals surface area contributed by atoms with E-state index in [0.29, 0.717) is 11.8 Å². The Bertz CT molecular complexity index is 434. The van der Waals surface area contributed by atoms with Crippen molar-refractivity contribution in [3.8, 4) is 0 Å². The normalized spacial score (nSPS) is 30.1. The summed E-state index contributed by atoms with van der Waals surface area (Å²) in [6, 6.07) is 2.10. The van der Waals surface area contributed by atoms with Crippen molar-refractivity contribution in [1.82, 2.24) is 4.90 Å². The molecule has 2 saturated carbocycles. The molecule has 2 aliphatic rings. The largest absolute Gasteiger partial charge is 0.341 e. The van der Waals surface area contributed by atoms with E-state index in [4.69, 9.17) is 0 Å². The summed E-state index contributed by atoms with van der Waals surface area (Å²) in [5.41, 5.74) is 1.22. The number of hydrogen-bond donors (Lipinski definition) is 0. The van der Waals surface area contributed by atoms with Gasteiger partial charge in [-0.3, -0.25) is 4.79 Å². The monoisotopic (exact) mass is 313 g/mol. The highest BCUT2D eigenvalue weighted by Gasteiger charge is 2.48. The Labute approximate surface area is 114 Å². The van der Waals surface area contributed by atoms with Crippen LogP contribution in [0.3, 0.4) is 0 Å². The lowest BCUT2D eigenvalue weighted by Gasteiger charge is -2.21. The fourth-order valence-corrected chi connectivity index (χ4v) is 4.21. The minimum absolute atomic E-state index is 0.311. The van der Waals surface area contributed by atoms with Crippen molar-refractivity contribution < 1.29 is 4.79 Å². The van der Waals surface area contributed by atoms with E-state index in [1.54, 1.807) is 11.3 Å². The number of carbonyl (C=O) groups is 1. The van der Waals surface area contributed by atoms with Crippen LogP contribution in [0.4, 0.5) is 0 Å². The van der Waals surface area contributed by atoms with Crippen molar-refractivity contribution in [3.05, 3.63) is 20.8 Å². The van der Waals surface area contributed by atoms with Crippen LogP contribution in [0.2, 0.25) is 0 Å². The maximum Gasteiger partial charge on any atom is 0.225 e. The van der Waals surface area contributed by atoms with Gasteiger partial charge in [0.05, 0.1) is 3.79 Å². The van der Waals surface area contributed by atoms with Crippen molar-refractivity contribution >= 4 is 33.2 Å². The van der Waals surface area contributed by atoms with E-state index in [-0.39, 0.29) is 0 Å². The number of thiophene rings is 1. The lowest BCUT2D eigenvalue weighted by atomic mass is 10.0. The van der Waals surface area contributed by atoms with Crippen LogP contribution in [0.15, 0.2) is 15.2 Å². The molecule has 2 aliphatic carbocycles. The Morgan fingerprint density at radius 3 is 2.76 bits per heavy atom. The number of fused-ring (bicyclic) bond motifs is 1. The molecule has 0 N–H and O–H groups in total. The predicted molar refractivity (Wildman–Crippen MR) is 72.8 cm³/mol. The van der Waals surface area contributed by atoms with E-state index >= 15 is 0 Å². The van der Waals surface area contributed by atoms with Gasteiger partial charge in [-0.25, -0.2) is 0 Å². The first-order valence-corrected chi connectivity index (χ1v) is 7.78. The molecule has 1 amide bonds. The molecule has 0 bridgehead atoms. The van der Waals surface area contributed by atoms with Crippen molar-refractivity contribution in [2.75, 3.05) is 7.05 Å². The van der Waals surface area contributed by atoms with Gasteiger partial charge in [-0.1, -0.05) is 0 Å². The van der Waals surface area contributed by atoms with E-state index in [1.807, 2.05) is 11.9 Å². The molecule has 0 aliphatic heterocycles. The summed E-state index contributed by atoms with van der Waals surface area (Å²) in [6.07, 6.45) is 3.66. The molecule has 1 aromatic heterocycles. The summed E-state index contributed by atoms with van der Waals surface area (Å²) < 4.78 is 1.13. The summed E-state index contributed by atoms with van der Waals surface area (Å²) in [5, 5.41) is 2.11. The SMILES string of the molecule is CN(Cc1csc(Br)c1)C(=O)C1CC2CC2C1. The molecular formula is C13H16BrNOS. The van der Waals surface area contributed by atoms with Crippen LogP contribution >= 0.6 is 27.3 Å². The third kappa shape index (κ3) is 2.43. The first kappa shape index (κ1) is 11.7.